The number of fused-ring (bicyclic) bond motifs is 2. The fourth-order valence-electron chi connectivity index (χ4n) is 3.47. The number of esters is 1. The van der Waals surface area contributed by atoms with Crippen LogP contribution >= 0.6 is 11.3 Å². The number of carbonyl (C=O) groups excluding carboxylic acids is 2. The Bertz CT molecular complexity index is 1500. The molecule has 3 heterocycles. The summed E-state index contributed by atoms with van der Waals surface area (Å²) in [4.78, 5) is 42.4. The zero-order chi connectivity index (χ0) is 24.4. The van der Waals surface area contributed by atoms with Crippen LogP contribution in [0.5, 0.6) is 11.5 Å². The van der Waals surface area contributed by atoms with Gasteiger partial charge in [-0.15, -0.1) is 0 Å². The van der Waals surface area contributed by atoms with Gasteiger partial charge in [0, 0.05) is 23.7 Å². The molecule has 11 heteroatoms. The Kier molecular flexibility index (Phi) is 6.15. The molecule has 178 valence electrons. The van der Waals surface area contributed by atoms with Crippen molar-refractivity contribution in [3.63, 3.8) is 0 Å². The van der Waals surface area contributed by atoms with E-state index in [2.05, 4.69) is 15.4 Å². The molecule has 0 fully saturated rings. The van der Waals surface area contributed by atoms with E-state index in [1.54, 1.807) is 36.4 Å². The molecule has 0 saturated carbocycles. The number of hydrogen-bond acceptors (Lipinski definition) is 9. The third-order valence-electron chi connectivity index (χ3n) is 5.15. The van der Waals surface area contributed by atoms with Gasteiger partial charge in [-0.1, -0.05) is 24.3 Å². The highest BCUT2D eigenvalue weighted by Gasteiger charge is 2.17. The van der Waals surface area contributed by atoms with Crippen molar-refractivity contribution in [2.75, 3.05) is 12.1 Å². The molecule has 0 unspecified atom stereocenters. The van der Waals surface area contributed by atoms with E-state index in [4.69, 9.17) is 14.2 Å². The Morgan fingerprint density at radius 3 is 2.83 bits per heavy atom. The first kappa shape index (κ1) is 22.5. The van der Waals surface area contributed by atoms with Gasteiger partial charge in [0.2, 0.25) is 11.8 Å². The van der Waals surface area contributed by atoms with Crippen LogP contribution in [0, 0.1) is 0 Å². The molecule has 0 radical (unpaired) electrons. The highest BCUT2D eigenvalue weighted by molar-refractivity contribution is 7.16. The van der Waals surface area contributed by atoms with Gasteiger partial charge < -0.3 is 19.5 Å². The predicted molar refractivity (Wildman–Crippen MR) is 127 cm³/mol. The van der Waals surface area contributed by atoms with E-state index in [1.165, 1.54) is 28.0 Å². The Hall–Kier alpha value is -4.25. The number of ether oxygens (including phenoxy) is 3. The minimum absolute atomic E-state index is 0.118. The normalized spacial score (nSPS) is 12.0. The smallest absolute Gasteiger partial charge is 0.338 e. The van der Waals surface area contributed by atoms with Crippen LogP contribution in [0.4, 0.5) is 5.69 Å². The average Bonchev–Trinajstić information content (AvgIpc) is 3.49. The maximum atomic E-state index is 12.6. The quantitative estimate of drug-likeness (QED) is 0.390. The molecule has 0 bridgehead atoms. The van der Waals surface area contributed by atoms with Crippen LogP contribution in [0.25, 0.3) is 4.96 Å². The van der Waals surface area contributed by atoms with Crippen molar-refractivity contribution < 1.29 is 23.8 Å². The number of carbonyl (C=O) groups is 2. The fraction of sp³-hybridized carbons (Fsp3) is 0.208. The number of benzene rings is 2. The van der Waals surface area contributed by atoms with E-state index in [1.807, 2.05) is 6.92 Å². The topological polar surface area (TPSA) is 121 Å². The molecule has 0 atom stereocenters. The number of hydrogen-bond donors (Lipinski definition) is 1. The van der Waals surface area contributed by atoms with E-state index >= 15 is 0 Å². The van der Waals surface area contributed by atoms with Crippen molar-refractivity contribution in [2.24, 2.45) is 0 Å². The molecule has 35 heavy (non-hydrogen) atoms. The first-order valence-corrected chi connectivity index (χ1v) is 11.7. The van der Waals surface area contributed by atoms with Gasteiger partial charge in [0.25, 0.3) is 11.5 Å². The molecule has 0 aliphatic carbocycles. The van der Waals surface area contributed by atoms with Gasteiger partial charge in [0.1, 0.15) is 11.6 Å². The third kappa shape index (κ3) is 4.85. The molecule has 1 aliphatic heterocycles. The molecule has 5 rings (SSSR count). The average molecular weight is 493 g/mol. The molecule has 0 saturated heterocycles. The number of amides is 1. The summed E-state index contributed by atoms with van der Waals surface area (Å²) in [7, 11) is 0. The second kappa shape index (κ2) is 9.55. The maximum absolute atomic E-state index is 12.6. The third-order valence-corrected chi connectivity index (χ3v) is 6.11. The molecule has 2 aromatic carbocycles. The van der Waals surface area contributed by atoms with E-state index in [0.29, 0.717) is 33.4 Å². The van der Waals surface area contributed by atoms with E-state index in [0.717, 1.165) is 17.8 Å². The fourth-order valence-corrected chi connectivity index (χ4v) is 4.49. The Labute approximate surface area is 203 Å². The zero-order valence-corrected chi connectivity index (χ0v) is 19.5. The van der Waals surface area contributed by atoms with Crippen LogP contribution in [0.15, 0.2) is 53.3 Å². The van der Waals surface area contributed by atoms with E-state index in [-0.39, 0.29) is 30.4 Å². The monoisotopic (exact) mass is 492 g/mol. The predicted octanol–water partition coefficient (Wildman–Crippen LogP) is 3.44. The molecular weight excluding hydrogens is 472 g/mol. The lowest BCUT2D eigenvalue weighted by Crippen LogP contribution is -2.17. The first-order valence-electron chi connectivity index (χ1n) is 10.9. The van der Waals surface area contributed by atoms with Gasteiger partial charge in [0.05, 0.1) is 11.3 Å². The SMILES string of the molecule is CCCc1nn2c(=O)cc(COC(=O)c3cccc(NC(=O)c4ccc5c(c4)OCO5)c3)nc2s1. The van der Waals surface area contributed by atoms with Crippen molar-refractivity contribution in [3.05, 3.63) is 80.7 Å². The summed E-state index contributed by atoms with van der Waals surface area (Å²) in [5, 5.41) is 7.84. The van der Waals surface area contributed by atoms with Crippen molar-refractivity contribution >= 4 is 33.9 Å². The lowest BCUT2D eigenvalue weighted by Gasteiger charge is -2.08. The molecule has 10 nitrogen and oxygen atoms in total. The number of anilines is 1. The number of nitrogens with one attached hydrogen (secondary N) is 1. The van der Waals surface area contributed by atoms with E-state index < -0.39 is 5.97 Å². The Morgan fingerprint density at radius 1 is 1.11 bits per heavy atom. The summed E-state index contributed by atoms with van der Waals surface area (Å²) in [5.74, 6) is 0.113. The lowest BCUT2D eigenvalue weighted by molar-refractivity contribution is 0.0467. The number of aromatic nitrogens is 3. The molecule has 2 aromatic heterocycles. The van der Waals surface area contributed by atoms with Gasteiger partial charge in [-0.05, 0) is 42.8 Å². The molecule has 1 aliphatic rings. The maximum Gasteiger partial charge on any atom is 0.338 e. The van der Waals surface area contributed by atoms with Gasteiger partial charge in [-0.2, -0.15) is 9.61 Å². The number of rotatable bonds is 7. The molecule has 1 amide bonds. The summed E-state index contributed by atoms with van der Waals surface area (Å²) in [6.45, 7) is 1.98. The van der Waals surface area contributed by atoms with Crippen LogP contribution in [-0.2, 0) is 17.8 Å². The van der Waals surface area contributed by atoms with Crippen molar-refractivity contribution in [1.82, 2.24) is 14.6 Å². The van der Waals surface area contributed by atoms with Crippen LogP contribution in [0.2, 0.25) is 0 Å². The van der Waals surface area contributed by atoms with Gasteiger partial charge in [0.15, 0.2) is 11.5 Å². The summed E-state index contributed by atoms with van der Waals surface area (Å²) >= 11 is 1.34. The number of nitrogens with zero attached hydrogens (tertiary/aromatic N) is 3. The Balaban J connectivity index is 1.25. The van der Waals surface area contributed by atoms with Crippen LogP contribution < -0.4 is 20.3 Å². The molecule has 0 spiro atoms. The summed E-state index contributed by atoms with van der Waals surface area (Å²) in [6, 6.07) is 12.6. The molecular formula is C24H20N4O6S. The standard InChI is InChI=1S/C24H20N4O6S/c1-2-4-20-27-28-21(29)11-17(26-24(28)35-20)12-32-23(31)15-5-3-6-16(9-15)25-22(30)14-7-8-18-19(10-14)34-13-33-18/h3,5-11H,2,4,12-13H2,1H3,(H,25,30). The minimum Gasteiger partial charge on any atom is -0.456 e. The summed E-state index contributed by atoms with van der Waals surface area (Å²) < 4.78 is 17.2. The summed E-state index contributed by atoms with van der Waals surface area (Å²) in [6.07, 6.45) is 1.68. The molecule has 1 N–H and O–H groups in total. The number of aryl methyl sites for hydroxylation is 1. The first-order chi connectivity index (χ1) is 17.0. The van der Waals surface area contributed by atoms with Gasteiger partial charge >= 0.3 is 5.97 Å². The summed E-state index contributed by atoms with van der Waals surface area (Å²) in [5.41, 5.74) is 1.07. The zero-order valence-electron chi connectivity index (χ0n) is 18.6. The van der Waals surface area contributed by atoms with Gasteiger partial charge in [-0.3, -0.25) is 9.59 Å². The van der Waals surface area contributed by atoms with Gasteiger partial charge in [-0.25, -0.2) is 9.78 Å². The van der Waals surface area contributed by atoms with Crippen LogP contribution in [0.3, 0.4) is 0 Å². The molecule has 4 aromatic rings. The highest BCUT2D eigenvalue weighted by Crippen LogP contribution is 2.32. The Morgan fingerprint density at radius 2 is 1.97 bits per heavy atom. The lowest BCUT2D eigenvalue weighted by atomic mass is 10.1. The second-order valence-corrected chi connectivity index (χ2v) is 8.75. The van der Waals surface area contributed by atoms with Crippen LogP contribution in [-0.4, -0.2) is 33.3 Å². The van der Waals surface area contributed by atoms with E-state index in [9.17, 15) is 14.4 Å². The highest BCUT2D eigenvalue weighted by atomic mass is 32.1. The minimum atomic E-state index is -0.609. The van der Waals surface area contributed by atoms with Crippen LogP contribution in [0.1, 0.15) is 44.8 Å². The largest absolute Gasteiger partial charge is 0.456 e. The van der Waals surface area contributed by atoms with Crippen molar-refractivity contribution in [3.8, 4) is 11.5 Å². The van der Waals surface area contributed by atoms with Crippen molar-refractivity contribution in [2.45, 2.75) is 26.4 Å². The van der Waals surface area contributed by atoms with Crippen molar-refractivity contribution in [1.29, 1.82) is 0 Å². The second-order valence-electron chi connectivity index (χ2n) is 7.70.